The zero-order valence-corrected chi connectivity index (χ0v) is 25.0. The second-order valence-corrected chi connectivity index (χ2v) is 10.7. The molecule has 16 nitrogen and oxygen atoms in total. The number of thioether (sulfide) groups is 1. The second kappa shape index (κ2) is 19.8. The third-order valence-corrected chi connectivity index (χ3v) is 6.75. The van der Waals surface area contributed by atoms with Crippen LogP contribution in [0.3, 0.4) is 0 Å². The van der Waals surface area contributed by atoms with Crippen LogP contribution in [0.2, 0.25) is 0 Å². The van der Waals surface area contributed by atoms with E-state index in [1.165, 1.54) is 23.9 Å². The Morgan fingerprint density at radius 3 is 1.74 bits per heavy atom. The molecule has 0 saturated carbocycles. The average Bonchev–Trinajstić information content (AvgIpc) is 2.94. The van der Waals surface area contributed by atoms with Crippen molar-refractivity contribution in [3.63, 3.8) is 0 Å². The monoisotopic (exact) mass is 624 g/mol. The number of carboxylic acid groups (broad SMARTS) is 1. The number of hydrogen-bond acceptors (Lipinski definition) is 9. The number of amides is 3. The van der Waals surface area contributed by atoms with Gasteiger partial charge in [0.25, 0.3) is 0 Å². The van der Waals surface area contributed by atoms with Gasteiger partial charge < -0.3 is 54.8 Å². The number of carbonyl (C=O) groups is 4. The number of aliphatic carboxylic acids is 1. The lowest BCUT2D eigenvalue weighted by atomic mass is 10.0. The molecule has 17 heteroatoms. The number of phenols is 1. The third-order valence-electron chi connectivity index (χ3n) is 6.11. The smallest absolute Gasteiger partial charge is 0.326 e. The Bertz CT molecular complexity index is 1110. The highest BCUT2D eigenvalue weighted by Gasteiger charge is 2.30. The highest BCUT2D eigenvalue weighted by atomic mass is 32.2. The number of guanidine groups is 2. The molecule has 4 unspecified atom stereocenters. The van der Waals surface area contributed by atoms with Gasteiger partial charge in [0.05, 0.1) is 6.04 Å². The summed E-state index contributed by atoms with van der Waals surface area (Å²) in [6.45, 7) is 0.341. The number of nitrogens with zero attached hydrogens (tertiary/aromatic N) is 2. The van der Waals surface area contributed by atoms with E-state index in [1.54, 1.807) is 12.1 Å². The molecule has 0 fully saturated rings. The van der Waals surface area contributed by atoms with E-state index < -0.39 is 47.9 Å². The normalized spacial score (nSPS) is 13.4. The lowest BCUT2D eigenvalue weighted by molar-refractivity contribution is -0.142. The molecule has 0 radical (unpaired) electrons. The number of rotatable bonds is 20. The Hall–Kier alpha value is -4.25. The maximum absolute atomic E-state index is 13.3. The van der Waals surface area contributed by atoms with Gasteiger partial charge in [-0.25, -0.2) is 4.79 Å². The molecule has 0 saturated heterocycles. The molecule has 0 spiro atoms. The van der Waals surface area contributed by atoms with Crippen LogP contribution in [-0.4, -0.2) is 95.1 Å². The average molecular weight is 625 g/mol. The fourth-order valence-electron chi connectivity index (χ4n) is 3.84. The van der Waals surface area contributed by atoms with Crippen LogP contribution < -0.4 is 44.6 Å². The summed E-state index contributed by atoms with van der Waals surface area (Å²) in [5.74, 6) is -2.89. The van der Waals surface area contributed by atoms with Crippen LogP contribution in [-0.2, 0) is 25.6 Å². The molecule has 0 aromatic heterocycles. The van der Waals surface area contributed by atoms with E-state index in [0.717, 1.165) is 0 Å². The highest BCUT2D eigenvalue weighted by Crippen LogP contribution is 2.12. The zero-order valence-electron chi connectivity index (χ0n) is 24.2. The van der Waals surface area contributed by atoms with Crippen LogP contribution in [0.4, 0.5) is 0 Å². The summed E-state index contributed by atoms with van der Waals surface area (Å²) >= 11 is 1.46. The van der Waals surface area contributed by atoms with Gasteiger partial charge in [0.1, 0.15) is 23.9 Å². The molecule has 0 aliphatic carbocycles. The van der Waals surface area contributed by atoms with Gasteiger partial charge in [-0.2, -0.15) is 11.8 Å². The first-order valence-electron chi connectivity index (χ1n) is 13.6. The molecule has 15 N–H and O–H groups in total. The van der Waals surface area contributed by atoms with Gasteiger partial charge in [0, 0.05) is 13.1 Å². The van der Waals surface area contributed by atoms with Crippen LogP contribution >= 0.6 is 11.8 Å². The molecule has 4 atom stereocenters. The van der Waals surface area contributed by atoms with Crippen molar-refractivity contribution < 1.29 is 29.4 Å². The van der Waals surface area contributed by atoms with Crippen molar-refractivity contribution >= 4 is 47.4 Å². The summed E-state index contributed by atoms with van der Waals surface area (Å²) in [6.07, 6.45) is 2.94. The van der Waals surface area contributed by atoms with Gasteiger partial charge in [0.2, 0.25) is 17.7 Å². The predicted octanol–water partition coefficient (Wildman–Crippen LogP) is -2.34. The third kappa shape index (κ3) is 15.5. The van der Waals surface area contributed by atoms with Crippen LogP contribution in [0.1, 0.15) is 37.7 Å². The molecule has 0 heterocycles. The summed E-state index contributed by atoms with van der Waals surface area (Å²) in [5, 5.41) is 26.8. The van der Waals surface area contributed by atoms with Gasteiger partial charge >= 0.3 is 5.97 Å². The Morgan fingerprint density at radius 1 is 0.791 bits per heavy atom. The van der Waals surface area contributed by atoms with E-state index in [2.05, 4.69) is 25.9 Å². The van der Waals surface area contributed by atoms with Crippen molar-refractivity contribution in [2.24, 2.45) is 38.7 Å². The first-order valence-corrected chi connectivity index (χ1v) is 15.0. The van der Waals surface area contributed by atoms with Crippen molar-refractivity contribution in [3.05, 3.63) is 29.8 Å². The summed E-state index contributed by atoms with van der Waals surface area (Å²) in [4.78, 5) is 58.9. The number of nitrogens with two attached hydrogens (primary N) is 5. The van der Waals surface area contributed by atoms with E-state index in [4.69, 9.17) is 28.7 Å². The van der Waals surface area contributed by atoms with Crippen LogP contribution in [0.5, 0.6) is 5.75 Å². The Morgan fingerprint density at radius 2 is 1.26 bits per heavy atom. The molecule has 0 aliphatic rings. The quantitative estimate of drug-likeness (QED) is 0.0415. The summed E-state index contributed by atoms with van der Waals surface area (Å²) < 4.78 is 0. The van der Waals surface area contributed by atoms with Gasteiger partial charge in [-0.05, 0) is 68.2 Å². The first-order chi connectivity index (χ1) is 20.3. The largest absolute Gasteiger partial charge is 0.508 e. The molecule has 0 aliphatic heterocycles. The summed E-state index contributed by atoms with van der Waals surface area (Å²) in [6, 6.07) is 1.81. The lowest BCUT2D eigenvalue weighted by Crippen LogP contribution is -2.57. The van der Waals surface area contributed by atoms with Crippen molar-refractivity contribution in [2.75, 3.05) is 25.1 Å². The number of carbonyl (C=O) groups excluding carboxylic acids is 3. The molecule has 1 aromatic carbocycles. The molecule has 0 bridgehead atoms. The maximum Gasteiger partial charge on any atom is 0.326 e. The minimum absolute atomic E-state index is 0.0395. The lowest BCUT2D eigenvalue weighted by Gasteiger charge is -2.25. The summed E-state index contributed by atoms with van der Waals surface area (Å²) in [5.41, 5.74) is 28.1. The highest BCUT2D eigenvalue weighted by molar-refractivity contribution is 7.98. The van der Waals surface area contributed by atoms with Crippen LogP contribution in [0, 0.1) is 0 Å². The second-order valence-electron chi connectivity index (χ2n) is 9.68. The van der Waals surface area contributed by atoms with Crippen molar-refractivity contribution in [3.8, 4) is 5.75 Å². The Balaban J connectivity index is 3.01. The SMILES string of the molecule is CSCCC(NC(=O)C(N)Cc1ccc(O)cc1)C(=O)NC(CCCN=C(N)N)C(=O)NC(CCCN=C(N)N)C(=O)O. The van der Waals surface area contributed by atoms with E-state index >= 15 is 0 Å². The minimum atomic E-state index is -1.27. The number of hydrogen-bond donors (Lipinski definition) is 10. The number of carboxylic acids is 1. The Labute approximate surface area is 254 Å². The van der Waals surface area contributed by atoms with Gasteiger partial charge in [-0.3, -0.25) is 24.4 Å². The maximum atomic E-state index is 13.3. The molecule has 1 rings (SSSR count). The predicted molar refractivity (Wildman–Crippen MR) is 166 cm³/mol. The Kier molecular flexibility index (Phi) is 16.9. The number of aliphatic imine (C=N–C) groups is 2. The van der Waals surface area contributed by atoms with Crippen LogP contribution in [0.15, 0.2) is 34.3 Å². The number of nitrogens with one attached hydrogen (secondary N) is 3. The van der Waals surface area contributed by atoms with Crippen molar-refractivity contribution in [2.45, 2.75) is 62.7 Å². The summed E-state index contributed by atoms with van der Waals surface area (Å²) in [7, 11) is 0. The first kappa shape index (κ1) is 36.8. The molecular weight excluding hydrogens is 580 g/mol. The van der Waals surface area contributed by atoms with E-state index in [-0.39, 0.29) is 69.3 Å². The van der Waals surface area contributed by atoms with Crippen molar-refractivity contribution in [1.82, 2.24) is 16.0 Å². The number of phenolic OH excluding ortho intramolecular Hbond substituents is 1. The fraction of sp³-hybridized carbons (Fsp3) is 0.538. The standard InChI is InChI=1S/C26H44N10O6S/c1-43-13-10-19(34-21(38)17(27)14-15-6-8-16(37)9-7-15)23(40)35-18(4-2-11-32-25(28)29)22(39)36-20(24(41)42)5-3-12-33-26(30)31/h6-9,17-20,37H,2-5,10-14,27H2,1H3,(H,34,38)(H,35,40)(H,36,39)(H,41,42)(H4,28,29,32)(H4,30,31,33). The minimum Gasteiger partial charge on any atom is -0.508 e. The van der Waals surface area contributed by atoms with E-state index in [1.807, 2.05) is 6.26 Å². The van der Waals surface area contributed by atoms with E-state index in [9.17, 15) is 29.4 Å². The fourth-order valence-corrected chi connectivity index (χ4v) is 4.31. The molecule has 240 valence electrons. The number of aromatic hydroxyl groups is 1. The van der Waals surface area contributed by atoms with Crippen LogP contribution in [0.25, 0.3) is 0 Å². The van der Waals surface area contributed by atoms with Gasteiger partial charge in [0.15, 0.2) is 11.9 Å². The topological polar surface area (TPSA) is 300 Å². The number of benzene rings is 1. The molecule has 1 aromatic rings. The van der Waals surface area contributed by atoms with Gasteiger partial charge in [-0.1, -0.05) is 12.1 Å². The molecule has 3 amide bonds. The molecular formula is C26H44N10O6S. The van der Waals surface area contributed by atoms with E-state index in [0.29, 0.717) is 11.3 Å². The van der Waals surface area contributed by atoms with Crippen molar-refractivity contribution in [1.29, 1.82) is 0 Å². The zero-order chi connectivity index (χ0) is 32.4. The molecule has 43 heavy (non-hydrogen) atoms. The van der Waals surface area contributed by atoms with Gasteiger partial charge in [-0.15, -0.1) is 0 Å².